The van der Waals surface area contributed by atoms with Gasteiger partial charge in [-0.15, -0.1) is 0 Å². The topological polar surface area (TPSA) is 98.5 Å². The van der Waals surface area contributed by atoms with E-state index in [1.54, 1.807) is 48.5 Å². The van der Waals surface area contributed by atoms with Crippen LogP contribution >= 0.6 is 11.6 Å². The lowest BCUT2D eigenvalue weighted by atomic mass is 10.0. The number of hydrogen-bond acceptors (Lipinski definition) is 4. The molecule has 26 heavy (non-hydrogen) atoms. The number of ether oxygens (including phenoxy) is 1. The fourth-order valence-electron chi connectivity index (χ4n) is 2.29. The highest BCUT2D eigenvalue weighted by atomic mass is 35.5. The second kappa shape index (κ2) is 9.01. The molecule has 0 saturated carbocycles. The summed E-state index contributed by atoms with van der Waals surface area (Å²) in [4.78, 5) is 35.7. The van der Waals surface area contributed by atoms with E-state index in [0.717, 1.165) is 5.56 Å². The highest BCUT2D eigenvalue weighted by Gasteiger charge is 2.23. The van der Waals surface area contributed by atoms with Crippen LogP contribution in [0, 0.1) is 0 Å². The number of nitrogens with one attached hydrogen (secondary N) is 1. The fraction of sp³-hybridized carbons (Fsp3) is 0.211. The summed E-state index contributed by atoms with van der Waals surface area (Å²) in [7, 11) is 0. The Labute approximate surface area is 156 Å². The molecule has 3 N–H and O–H groups in total. The summed E-state index contributed by atoms with van der Waals surface area (Å²) in [5, 5.41) is 3.09. The predicted molar refractivity (Wildman–Crippen MR) is 97.5 cm³/mol. The molecule has 0 saturated heterocycles. The summed E-state index contributed by atoms with van der Waals surface area (Å²) in [6, 6.07) is 14.9. The van der Waals surface area contributed by atoms with Gasteiger partial charge in [-0.3, -0.25) is 14.4 Å². The number of hydrogen-bond donors (Lipinski definition) is 2. The Hall–Kier alpha value is -2.86. The van der Waals surface area contributed by atoms with Crippen LogP contribution in [0.5, 0.6) is 0 Å². The van der Waals surface area contributed by atoms with Gasteiger partial charge < -0.3 is 15.8 Å². The first-order valence-corrected chi connectivity index (χ1v) is 8.35. The Morgan fingerprint density at radius 2 is 1.69 bits per heavy atom. The van der Waals surface area contributed by atoms with Gasteiger partial charge in [0.05, 0.1) is 23.0 Å². The summed E-state index contributed by atoms with van der Waals surface area (Å²) in [5.74, 6) is -1.81. The summed E-state index contributed by atoms with van der Waals surface area (Å²) in [6.07, 6.45) is -1.20. The number of carbonyl (C=O) groups excluding carboxylic acids is 3. The zero-order chi connectivity index (χ0) is 19.1. The third kappa shape index (κ3) is 5.32. The maximum absolute atomic E-state index is 12.5. The molecule has 0 aliphatic carbocycles. The Morgan fingerprint density at radius 3 is 2.31 bits per heavy atom. The molecule has 0 spiro atoms. The van der Waals surface area contributed by atoms with Crippen LogP contribution in [0.1, 0.15) is 35.3 Å². The van der Waals surface area contributed by atoms with Crippen molar-refractivity contribution in [2.24, 2.45) is 5.73 Å². The van der Waals surface area contributed by atoms with Crippen molar-refractivity contribution in [2.75, 3.05) is 0 Å². The summed E-state index contributed by atoms with van der Waals surface area (Å²) in [5.41, 5.74) is 6.12. The minimum Gasteiger partial charge on any atom is -0.452 e. The van der Waals surface area contributed by atoms with E-state index in [0.29, 0.717) is 10.6 Å². The average Bonchev–Trinajstić information content (AvgIpc) is 2.62. The van der Waals surface area contributed by atoms with E-state index in [-0.39, 0.29) is 6.42 Å². The summed E-state index contributed by atoms with van der Waals surface area (Å²) < 4.78 is 4.98. The molecule has 2 atom stereocenters. The second-order valence-electron chi connectivity index (χ2n) is 5.66. The van der Waals surface area contributed by atoms with E-state index in [2.05, 4.69) is 5.32 Å². The maximum atomic E-state index is 12.5. The number of primary amides is 1. The van der Waals surface area contributed by atoms with Crippen molar-refractivity contribution in [3.05, 3.63) is 70.7 Å². The first-order chi connectivity index (χ1) is 12.4. The lowest BCUT2D eigenvalue weighted by Crippen LogP contribution is -2.34. The molecule has 0 bridgehead atoms. The summed E-state index contributed by atoms with van der Waals surface area (Å²) >= 11 is 6.05. The molecular formula is C19H19ClN2O4. The molecule has 6 nitrogen and oxygen atoms in total. The fourth-order valence-corrected chi connectivity index (χ4v) is 2.51. The van der Waals surface area contributed by atoms with Crippen molar-refractivity contribution in [2.45, 2.75) is 25.5 Å². The minimum absolute atomic E-state index is 0.155. The number of nitrogens with two attached hydrogens (primary N) is 1. The van der Waals surface area contributed by atoms with Crippen molar-refractivity contribution in [3.8, 4) is 0 Å². The molecular weight excluding hydrogens is 356 g/mol. The van der Waals surface area contributed by atoms with Crippen molar-refractivity contribution in [1.29, 1.82) is 0 Å². The molecule has 2 amide bonds. The Bertz CT molecular complexity index is 795. The monoisotopic (exact) mass is 374 g/mol. The van der Waals surface area contributed by atoms with Crippen LogP contribution in [-0.4, -0.2) is 23.9 Å². The minimum atomic E-state index is -1.04. The Balaban J connectivity index is 2.17. The van der Waals surface area contributed by atoms with Gasteiger partial charge >= 0.3 is 5.97 Å². The SMILES string of the molecule is C[C@H](OC(=O)C[C@@H](NC(=O)c1ccccc1Cl)c1ccccc1)C(N)=O. The number of halogens is 1. The molecule has 7 heteroatoms. The Kier molecular flexibility index (Phi) is 6.74. The molecule has 0 aliphatic heterocycles. The van der Waals surface area contributed by atoms with Crippen molar-refractivity contribution in [3.63, 3.8) is 0 Å². The van der Waals surface area contributed by atoms with Crippen LogP contribution < -0.4 is 11.1 Å². The van der Waals surface area contributed by atoms with E-state index < -0.39 is 29.9 Å². The second-order valence-corrected chi connectivity index (χ2v) is 6.06. The number of rotatable bonds is 7. The lowest BCUT2D eigenvalue weighted by Gasteiger charge is -2.20. The van der Waals surface area contributed by atoms with Gasteiger partial charge in [0.2, 0.25) is 0 Å². The van der Waals surface area contributed by atoms with Gasteiger partial charge in [0.1, 0.15) is 0 Å². The van der Waals surface area contributed by atoms with Gasteiger partial charge in [-0.1, -0.05) is 54.1 Å². The zero-order valence-corrected chi connectivity index (χ0v) is 14.9. The predicted octanol–water partition coefficient (Wildman–Crippen LogP) is 2.62. The lowest BCUT2D eigenvalue weighted by molar-refractivity contribution is -0.154. The van der Waals surface area contributed by atoms with Crippen LogP contribution in [0.2, 0.25) is 5.02 Å². The van der Waals surface area contributed by atoms with Crippen LogP contribution in [0.25, 0.3) is 0 Å². The highest BCUT2D eigenvalue weighted by molar-refractivity contribution is 6.33. The van der Waals surface area contributed by atoms with Crippen LogP contribution in [-0.2, 0) is 14.3 Å². The molecule has 0 unspecified atom stereocenters. The molecule has 0 aromatic heterocycles. The van der Waals surface area contributed by atoms with E-state index in [9.17, 15) is 14.4 Å². The molecule has 0 fully saturated rings. The van der Waals surface area contributed by atoms with E-state index >= 15 is 0 Å². The average molecular weight is 375 g/mol. The number of amides is 2. The van der Waals surface area contributed by atoms with Gasteiger partial charge in [0, 0.05) is 0 Å². The van der Waals surface area contributed by atoms with E-state index in [1.165, 1.54) is 6.92 Å². The highest BCUT2D eigenvalue weighted by Crippen LogP contribution is 2.21. The smallest absolute Gasteiger partial charge is 0.309 e. The summed E-state index contributed by atoms with van der Waals surface area (Å²) in [6.45, 7) is 1.39. The zero-order valence-electron chi connectivity index (χ0n) is 14.1. The van der Waals surface area contributed by atoms with Crippen molar-refractivity contribution < 1.29 is 19.1 Å². The molecule has 0 heterocycles. The van der Waals surface area contributed by atoms with Gasteiger partial charge in [-0.25, -0.2) is 0 Å². The number of benzene rings is 2. The quantitative estimate of drug-likeness (QED) is 0.728. The number of esters is 1. The van der Waals surface area contributed by atoms with Crippen LogP contribution in [0.4, 0.5) is 0 Å². The molecule has 0 aliphatic rings. The first kappa shape index (κ1) is 19.5. The third-order valence-corrected chi connectivity index (χ3v) is 4.04. The molecule has 2 aromatic carbocycles. The standard InChI is InChI=1S/C19H19ClN2O4/c1-12(18(21)24)26-17(23)11-16(13-7-3-2-4-8-13)22-19(25)14-9-5-6-10-15(14)20/h2-10,12,16H,11H2,1H3,(H2,21,24)(H,22,25)/t12-,16+/m0/s1. The normalized spacial score (nSPS) is 12.7. The molecule has 0 radical (unpaired) electrons. The van der Waals surface area contributed by atoms with E-state index in [4.69, 9.17) is 22.1 Å². The van der Waals surface area contributed by atoms with Crippen molar-refractivity contribution >= 4 is 29.4 Å². The third-order valence-electron chi connectivity index (χ3n) is 3.71. The maximum Gasteiger partial charge on any atom is 0.309 e. The Morgan fingerprint density at radius 1 is 1.08 bits per heavy atom. The van der Waals surface area contributed by atoms with Crippen molar-refractivity contribution in [1.82, 2.24) is 5.32 Å². The molecule has 136 valence electrons. The van der Waals surface area contributed by atoms with E-state index in [1.807, 2.05) is 6.07 Å². The first-order valence-electron chi connectivity index (χ1n) is 7.97. The molecule has 2 aromatic rings. The number of carbonyl (C=O) groups is 3. The molecule has 2 rings (SSSR count). The van der Waals surface area contributed by atoms with Crippen LogP contribution in [0.15, 0.2) is 54.6 Å². The van der Waals surface area contributed by atoms with Gasteiger partial charge in [-0.05, 0) is 24.6 Å². The van der Waals surface area contributed by atoms with Gasteiger partial charge in [0.15, 0.2) is 6.10 Å². The van der Waals surface area contributed by atoms with Gasteiger partial charge in [0.25, 0.3) is 11.8 Å². The largest absolute Gasteiger partial charge is 0.452 e. The van der Waals surface area contributed by atoms with Crippen LogP contribution in [0.3, 0.4) is 0 Å². The van der Waals surface area contributed by atoms with Gasteiger partial charge in [-0.2, -0.15) is 0 Å².